The van der Waals surface area contributed by atoms with Crippen LogP contribution in [0.5, 0.6) is 5.75 Å². The molecule has 0 aliphatic rings. The van der Waals surface area contributed by atoms with Crippen molar-refractivity contribution in [3.05, 3.63) is 23.3 Å². The molecule has 1 aromatic carbocycles. The Hall–Kier alpha value is -1.71. The van der Waals surface area contributed by atoms with Crippen LogP contribution in [0.3, 0.4) is 0 Å². The number of nitrogen functional groups attached to an aromatic ring is 1. The van der Waals surface area contributed by atoms with E-state index in [-0.39, 0.29) is 11.3 Å². The summed E-state index contributed by atoms with van der Waals surface area (Å²) in [5.74, 6) is 0.366. The lowest BCUT2D eigenvalue weighted by molar-refractivity contribution is 0.0822. The van der Waals surface area contributed by atoms with Gasteiger partial charge in [-0.15, -0.1) is 0 Å². The van der Waals surface area contributed by atoms with E-state index in [4.69, 9.17) is 10.5 Å². The molecule has 100 valence electrons. The van der Waals surface area contributed by atoms with Gasteiger partial charge in [-0.05, 0) is 17.0 Å². The highest BCUT2D eigenvalue weighted by Gasteiger charge is 2.27. The van der Waals surface area contributed by atoms with Crippen LogP contribution >= 0.6 is 0 Å². The van der Waals surface area contributed by atoms with E-state index in [0.29, 0.717) is 17.0 Å². The normalized spacial score (nSPS) is 11.2. The molecule has 4 heteroatoms. The highest BCUT2D eigenvalue weighted by molar-refractivity contribution is 6.00. The lowest BCUT2D eigenvalue weighted by Crippen LogP contribution is -2.27. The summed E-state index contributed by atoms with van der Waals surface area (Å²) < 4.78 is 5.31. The van der Waals surface area contributed by atoms with Gasteiger partial charge in [0.15, 0.2) is 5.75 Å². The van der Waals surface area contributed by atoms with E-state index in [1.54, 1.807) is 20.2 Å². The number of carbonyl (C=O) groups is 1. The van der Waals surface area contributed by atoms with Crippen molar-refractivity contribution in [1.82, 2.24) is 4.90 Å². The van der Waals surface area contributed by atoms with Gasteiger partial charge in [0.05, 0.1) is 18.4 Å². The van der Waals surface area contributed by atoms with Crippen LogP contribution in [0.15, 0.2) is 12.1 Å². The van der Waals surface area contributed by atoms with Gasteiger partial charge in [-0.25, -0.2) is 0 Å². The molecule has 0 aromatic heterocycles. The first-order valence-corrected chi connectivity index (χ1v) is 5.88. The third-order valence-electron chi connectivity index (χ3n) is 2.82. The van der Waals surface area contributed by atoms with E-state index in [2.05, 4.69) is 20.8 Å². The van der Waals surface area contributed by atoms with Crippen LogP contribution in [-0.4, -0.2) is 32.0 Å². The smallest absolute Gasteiger partial charge is 0.257 e. The van der Waals surface area contributed by atoms with Gasteiger partial charge in [-0.3, -0.25) is 4.79 Å². The van der Waals surface area contributed by atoms with E-state index >= 15 is 0 Å². The molecule has 0 unspecified atom stereocenters. The Morgan fingerprint density at radius 3 is 2.22 bits per heavy atom. The number of hydrogen-bond acceptors (Lipinski definition) is 3. The van der Waals surface area contributed by atoms with E-state index < -0.39 is 0 Å². The van der Waals surface area contributed by atoms with Gasteiger partial charge in [0, 0.05) is 14.1 Å². The van der Waals surface area contributed by atoms with E-state index in [1.165, 1.54) is 12.0 Å². The lowest BCUT2D eigenvalue weighted by Gasteiger charge is -2.26. The monoisotopic (exact) mass is 250 g/mol. The van der Waals surface area contributed by atoms with E-state index in [0.717, 1.165) is 5.56 Å². The first-order chi connectivity index (χ1) is 8.20. The van der Waals surface area contributed by atoms with Gasteiger partial charge in [0.2, 0.25) is 0 Å². The Balaban J connectivity index is 3.60. The highest BCUT2D eigenvalue weighted by Crippen LogP contribution is 2.36. The Kier molecular flexibility index (Phi) is 3.89. The number of ether oxygens (including phenoxy) is 1. The molecule has 0 spiro atoms. The molecule has 1 aromatic rings. The van der Waals surface area contributed by atoms with Crippen molar-refractivity contribution in [2.45, 2.75) is 26.2 Å². The summed E-state index contributed by atoms with van der Waals surface area (Å²) in [5.41, 5.74) is 7.71. The Bertz CT molecular complexity index is 460. The summed E-state index contributed by atoms with van der Waals surface area (Å²) in [6.07, 6.45) is 0. The van der Waals surface area contributed by atoms with Crippen LogP contribution < -0.4 is 10.5 Å². The number of benzene rings is 1. The second-order valence-electron chi connectivity index (χ2n) is 5.56. The molecular formula is C14H22N2O2. The van der Waals surface area contributed by atoms with Gasteiger partial charge >= 0.3 is 0 Å². The topological polar surface area (TPSA) is 55.6 Å². The number of hydrogen-bond donors (Lipinski definition) is 1. The Labute approximate surface area is 109 Å². The minimum atomic E-state index is -0.151. The standard InChI is InChI=1S/C14H22N2O2/c1-14(2,3)9-7-8-10(15)12(18-6)11(9)13(17)16(4)5/h7-8H,15H2,1-6H3. The lowest BCUT2D eigenvalue weighted by atomic mass is 9.82. The summed E-state index contributed by atoms with van der Waals surface area (Å²) in [4.78, 5) is 13.9. The molecule has 0 fully saturated rings. The summed E-state index contributed by atoms with van der Waals surface area (Å²) in [6.45, 7) is 6.18. The van der Waals surface area contributed by atoms with Crippen LogP contribution in [0.1, 0.15) is 36.7 Å². The molecule has 0 saturated heterocycles. The fourth-order valence-corrected chi connectivity index (χ4v) is 1.88. The highest BCUT2D eigenvalue weighted by atomic mass is 16.5. The molecule has 0 saturated carbocycles. The second-order valence-corrected chi connectivity index (χ2v) is 5.56. The van der Waals surface area contributed by atoms with Crippen molar-refractivity contribution in [3.63, 3.8) is 0 Å². The summed E-state index contributed by atoms with van der Waals surface area (Å²) in [7, 11) is 4.97. The Morgan fingerprint density at radius 2 is 1.83 bits per heavy atom. The van der Waals surface area contributed by atoms with E-state index in [1.807, 2.05) is 6.07 Å². The van der Waals surface area contributed by atoms with Crippen LogP contribution in [-0.2, 0) is 5.41 Å². The van der Waals surface area contributed by atoms with Gasteiger partial charge in [-0.2, -0.15) is 0 Å². The third kappa shape index (κ3) is 2.58. The number of rotatable bonds is 2. The number of methoxy groups -OCH3 is 1. The maximum absolute atomic E-state index is 12.3. The molecule has 0 bridgehead atoms. The van der Waals surface area contributed by atoms with Gasteiger partial charge in [-0.1, -0.05) is 26.8 Å². The number of amides is 1. The molecular weight excluding hydrogens is 228 g/mol. The van der Waals surface area contributed by atoms with E-state index in [9.17, 15) is 4.79 Å². The first kappa shape index (κ1) is 14.4. The van der Waals surface area contributed by atoms with Crippen molar-refractivity contribution in [2.75, 3.05) is 26.9 Å². The van der Waals surface area contributed by atoms with Gasteiger partial charge in [0.1, 0.15) is 0 Å². The minimum absolute atomic E-state index is 0.0934. The van der Waals surface area contributed by atoms with Crippen LogP contribution in [0, 0.1) is 0 Å². The Morgan fingerprint density at radius 1 is 1.28 bits per heavy atom. The number of nitrogens with zero attached hydrogens (tertiary/aromatic N) is 1. The average Bonchev–Trinajstić information content (AvgIpc) is 2.25. The van der Waals surface area contributed by atoms with Crippen molar-refractivity contribution in [3.8, 4) is 5.75 Å². The van der Waals surface area contributed by atoms with Crippen LogP contribution in [0.25, 0.3) is 0 Å². The van der Waals surface area contributed by atoms with Crippen LogP contribution in [0.2, 0.25) is 0 Å². The fraction of sp³-hybridized carbons (Fsp3) is 0.500. The minimum Gasteiger partial charge on any atom is -0.494 e. The molecule has 4 nitrogen and oxygen atoms in total. The number of nitrogens with two attached hydrogens (primary N) is 1. The van der Waals surface area contributed by atoms with Crippen LogP contribution in [0.4, 0.5) is 5.69 Å². The van der Waals surface area contributed by atoms with Crippen molar-refractivity contribution < 1.29 is 9.53 Å². The molecule has 0 radical (unpaired) electrons. The number of carbonyl (C=O) groups excluding carboxylic acids is 1. The summed E-state index contributed by atoms with van der Waals surface area (Å²) in [6, 6.07) is 3.68. The largest absolute Gasteiger partial charge is 0.494 e. The van der Waals surface area contributed by atoms with Gasteiger partial charge in [0.25, 0.3) is 5.91 Å². The zero-order valence-corrected chi connectivity index (χ0v) is 12.0. The predicted molar refractivity (Wildman–Crippen MR) is 74.1 cm³/mol. The molecule has 0 heterocycles. The van der Waals surface area contributed by atoms with Crippen molar-refractivity contribution in [2.24, 2.45) is 0 Å². The quantitative estimate of drug-likeness (QED) is 0.819. The molecule has 18 heavy (non-hydrogen) atoms. The van der Waals surface area contributed by atoms with Crippen molar-refractivity contribution >= 4 is 11.6 Å². The first-order valence-electron chi connectivity index (χ1n) is 5.88. The average molecular weight is 250 g/mol. The summed E-state index contributed by atoms with van der Waals surface area (Å²) in [5, 5.41) is 0. The summed E-state index contributed by atoms with van der Waals surface area (Å²) >= 11 is 0. The van der Waals surface area contributed by atoms with Crippen molar-refractivity contribution in [1.29, 1.82) is 0 Å². The molecule has 0 aliphatic carbocycles. The number of anilines is 1. The zero-order valence-electron chi connectivity index (χ0n) is 12.0. The third-order valence-corrected chi connectivity index (χ3v) is 2.82. The zero-order chi connectivity index (χ0) is 14.1. The molecule has 1 rings (SSSR count). The molecule has 0 atom stereocenters. The van der Waals surface area contributed by atoms with Gasteiger partial charge < -0.3 is 15.4 Å². The SMILES string of the molecule is COc1c(N)ccc(C(C)(C)C)c1C(=O)N(C)C. The second kappa shape index (κ2) is 4.88. The molecule has 1 amide bonds. The molecule has 2 N–H and O–H groups in total. The maximum Gasteiger partial charge on any atom is 0.257 e. The predicted octanol–water partition coefficient (Wildman–Crippen LogP) is 2.28. The fourth-order valence-electron chi connectivity index (χ4n) is 1.88. The molecule has 0 aliphatic heterocycles. The maximum atomic E-state index is 12.3.